The highest BCUT2D eigenvalue weighted by Crippen LogP contribution is 2.23. The van der Waals surface area contributed by atoms with E-state index in [1.165, 1.54) is 0 Å². The Balaban J connectivity index is 1.58. The van der Waals surface area contributed by atoms with Gasteiger partial charge in [0.25, 0.3) is 0 Å². The van der Waals surface area contributed by atoms with Gasteiger partial charge in [-0.05, 0) is 48.2 Å². The van der Waals surface area contributed by atoms with Crippen molar-refractivity contribution in [1.29, 1.82) is 0 Å². The standard InChI is InChI=1S/C31H36N2O3S/c1-36-27-16-10-13-25(21-27)23-33(30(34)19-20-37-28-17-6-3-7-18-28)29(22-24-11-4-2-5-12-24)31(35)32-26-14-8-9-15-26/h2-7,10-13,16-18,21,26,29H,8-9,14-15,19-20,22-23H2,1H3,(H,32,35)/t29-/m1/s1. The van der Waals surface area contributed by atoms with E-state index in [1.807, 2.05) is 72.8 Å². The van der Waals surface area contributed by atoms with E-state index in [9.17, 15) is 9.59 Å². The number of nitrogens with zero attached hydrogens (tertiary/aromatic N) is 1. The molecule has 1 saturated carbocycles. The van der Waals surface area contributed by atoms with Crippen molar-refractivity contribution in [2.24, 2.45) is 0 Å². The van der Waals surface area contributed by atoms with Crippen molar-refractivity contribution in [3.05, 3.63) is 96.1 Å². The summed E-state index contributed by atoms with van der Waals surface area (Å²) in [5.41, 5.74) is 1.98. The molecule has 0 aromatic heterocycles. The Hall–Kier alpha value is -3.25. The summed E-state index contributed by atoms with van der Waals surface area (Å²) in [5, 5.41) is 3.26. The van der Waals surface area contributed by atoms with E-state index < -0.39 is 6.04 Å². The number of ether oxygens (including phenoxy) is 1. The fourth-order valence-electron chi connectivity index (χ4n) is 4.81. The summed E-state index contributed by atoms with van der Waals surface area (Å²) in [5.74, 6) is 1.30. The van der Waals surface area contributed by atoms with Crippen LogP contribution in [0.15, 0.2) is 89.8 Å². The Kier molecular flexibility index (Phi) is 10.1. The van der Waals surface area contributed by atoms with Crippen molar-refractivity contribution in [2.45, 2.75) is 62.0 Å². The number of methoxy groups -OCH3 is 1. The third-order valence-electron chi connectivity index (χ3n) is 6.79. The molecule has 0 saturated heterocycles. The first kappa shape index (κ1) is 26.8. The fraction of sp³-hybridized carbons (Fsp3) is 0.355. The van der Waals surface area contributed by atoms with Crippen LogP contribution in [-0.2, 0) is 22.6 Å². The molecule has 3 aromatic carbocycles. The van der Waals surface area contributed by atoms with Crippen LogP contribution < -0.4 is 10.1 Å². The molecular weight excluding hydrogens is 480 g/mol. The predicted molar refractivity (Wildman–Crippen MR) is 150 cm³/mol. The third kappa shape index (κ3) is 8.12. The lowest BCUT2D eigenvalue weighted by atomic mass is 10.0. The fourth-order valence-corrected chi connectivity index (χ4v) is 5.67. The van der Waals surface area contributed by atoms with E-state index in [0.717, 1.165) is 47.5 Å². The molecule has 0 bridgehead atoms. The average molecular weight is 517 g/mol. The second-order valence-corrected chi connectivity index (χ2v) is 10.6. The van der Waals surface area contributed by atoms with Crippen LogP contribution in [0.3, 0.4) is 0 Å². The second kappa shape index (κ2) is 13.9. The largest absolute Gasteiger partial charge is 0.497 e. The van der Waals surface area contributed by atoms with E-state index in [1.54, 1.807) is 23.8 Å². The van der Waals surface area contributed by atoms with Crippen molar-refractivity contribution in [2.75, 3.05) is 12.9 Å². The van der Waals surface area contributed by atoms with Gasteiger partial charge in [0.1, 0.15) is 11.8 Å². The highest BCUT2D eigenvalue weighted by molar-refractivity contribution is 7.99. The van der Waals surface area contributed by atoms with E-state index in [4.69, 9.17) is 4.74 Å². The third-order valence-corrected chi connectivity index (χ3v) is 7.80. The Labute approximate surface area is 224 Å². The zero-order chi connectivity index (χ0) is 25.9. The summed E-state index contributed by atoms with van der Waals surface area (Å²) in [4.78, 5) is 30.4. The van der Waals surface area contributed by atoms with Gasteiger partial charge in [0.2, 0.25) is 11.8 Å². The number of amides is 2. The van der Waals surface area contributed by atoms with Crippen LogP contribution in [0.4, 0.5) is 0 Å². The number of carbonyl (C=O) groups excluding carboxylic acids is 2. The molecule has 2 amide bonds. The maximum absolute atomic E-state index is 13.8. The molecule has 3 aromatic rings. The average Bonchev–Trinajstić information content (AvgIpc) is 3.45. The van der Waals surface area contributed by atoms with Gasteiger partial charge >= 0.3 is 0 Å². The van der Waals surface area contributed by atoms with Gasteiger partial charge in [-0.1, -0.05) is 73.5 Å². The molecular formula is C31H36N2O3S. The molecule has 0 unspecified atom stereocenters. The molecule has 0 heterocycles. The summed E-state index contributed by atoms with van der Waals surface area (Å²) in [7, 11) is 1.64. The van der Waals surface area contributed by atoms with Gasteiger partial charge in [0.15, 0.2) is 0 Å². The number of hydrogen-bond acceptors (Lipinski definition) is 4. The van der Waals surface area contributed by atoms with Crippen LogP contribution in [0.25, 0.3) is 0 Å². The Morgan fingerprint density at radius 1 is 0.946 bits per heavy atom. The van der Waals surface area contributed by atoms with E-state index in [2.05, 4.69) is 17.4 Å². The molecule has 5 nitrogen and oxygen atoms in total. The lowest BCUT2D eigenvalue weighted by Gasteiger charge is -2.32. The summed E-state index contributed by atoms with van der Waals surface area (Å²) >= 11 is 1.66. The quantitative estimate of drug-likeness (QED) is 0.306. The van der Waals surface area contributed by atoms with Gasteiger partial charge in [-0.2, -0.15) is 0 Å². The molecule has 1 N–H and O–H groups in total. The number of carbonyl (C=O) groups is 2. The minimum absolute atomic E-state index is 0.0197. The Morgan fingerprint density at radius 2 is 1.62 bits per heavy atom. The molecule has 0 aliphatic heterocycles. The highest BCUT2D eigenvalue weighted by atomic mass is 32.2. The van der Waals surface area contributed by atoms with E-state index in [0.29, 0.717) is 25.1 Å². The zero-order valence-corrected chi connectivity index (χ0v) is 22.3. The van der Waals surface area contributed by atoms with Crippen molar-refractivity contribution in [1.82, 2.24) is 10.2 Å². The van der Waals surface area contributed by atoms with Crippen LogP contribution >= 0.6 is 11.8 Å². The van der Waals surface area contributed by atoms with E-state index >= 15 is 0 Å². The van der Waals surface area contributed by atoms with Crippen molar-refractivity contribution < 1.29 is 14.3 Å². The zero-order valence-electron chi connectivity index (χ0n) is 21.5. The van der Waals surface area contributed by atoms with Crippen LogP contribution in [0.2, 0.25) is 0 Å². The molecule has 37 heavy (non-hydrogen) atoms. The number of thioether (sulfide) groups is 1. The summed E-state index contributed by atoms with van der Waals surface area (Å²) in [6.45, 7) is 0.349. The topological polar surface area (TPSA) is 58.6 Å². The number of benzene rings is 3. The second-order valence-electron chi connectivity index (χ2n) is 9.48. The minimum Gasteiger partial charge on any atom is -0.497 e. The molecule has 1 aliphatic carbocycles. The lowest BCUT2D eigenvalue weighted by molar-refractivity contribution is -0.141. The first-order valence-corrected chi connectivity index (χ1v) is 14.1. The number of hydrogen-bond donors (Lipinski definition) is 1. The normalized spacial score (nSPS) is 14.2. The Bertz CT molecular complexity index is 1130. The summed E-state index contributed by atoms with van der Waals surface area (Å²) < 4.78 is 5.42. The van der Waals surface area contributed by atoms with Crippen molar-refractivity contribution in [3.63, 3.8) is 0 Å². The lowest BCUT2D eigenvalue weighted by Crippen LogP contribution is -2.52. The van der Waals surface area contributed by atoms with Crippen LogP contribution in [0, 0.1) is 0 Å². The monoisotopic (exact) mass is 516 g/mol. The first-order valence-electron chi connectivity index (χ1n) is 13.1. The molecule has 4 rings (SSSR count). The van der Waals surface area contributed by atoms with Gasteiger partial charge in [-0.15, -0.1) is 11.8 Å². The summed E-state index contributed by atoms with van der Waals surface area (Å²) in [6.07, 6.45) is 5.10. The van der Waals surface area contributed by atoms with Gasteiger partial charge in [0, 0.05) is 36.1 Å². The van der Waals surface area contributed by atoms with Crippen LogP contribution in [0.1, 0.15) is 43.2 Å². The molecule has 1 atom stereocenters. The number of rotatable bonds is 12. The SMILES string of the molecule is COc1cccc(CN(C(=O)CCSc2ccccc2)[C@H](Cc2ccccc2)C(=O)NC2CCCC2)c1. The van der Waals surface area contributed by atoms with Gasteiger partial charge in [-0.3, -0.25) is 9.59 Å². The first-order chi connectivity index (χ1) is 18.1. The molecule has 1 fully saturated rings. The molecule has 1 aliphatic rings. The van der Waals surface area contributed by atoms with Crippen molar-refractivity contribution in [3.8, 4) is 5.75 Å². The number of nitrogens with one attached hydrogen (secondary N) is 1. The minimum atomic E-state index is -0.594. The molecule has 0 radical (unpaired) electrons. The highest BCUT2D eigenvalue weighted by Gasteiger charge is 2.32. The maximum atomic E-state index is 13.8. The van der Waals surface area contributed by atoms with Gasteiger partial charge in [-0.25, -0.2) is 0 Å². The van der Waals surface area contributed by atoms with E-state index in [-0.39, 0.29) is 17.9 Å². The predicted octanol–water partition coefficient (Wildman–Crippen LogP) is 5.88. The van der Waals surface area contributed by atoms with Crippen LogP contribution in [0.5, 0.6) is 5.75 Å². The maximum Gasteiger partial charge on any atom is 0.243 e. The van der Waals surface area contributed by atoms with Crippen molar-refractivity contribution >= 4 is 23.6 Å². The van der Waals surface area contributed by atoms with Crippen LogP contribution in [-0.4, -0.2) is 41.7 Å². The van der Waals surface area contributed by atoms with Gasteiger partial charge in [0.05, 0.1) is 7.11 Å². The molecule has 6 heteroatoms. The smallest absolute Gasteiger partial charge is 0.243 e. The Morgan fingerprint density at radius 3 is 2.32 bits per heavy atom. The van der Waals surface area contributed by atoms with Gasteiger partial charge < -0.3 is 15.0 Å². The summed E-state index contributed by atoms with van der Waals surface area (Å²) in [6, 6.07) is 27.4. The molecule has 0 spiro atoms. The molecule has 194 valence electrons.